The number of hydrogen-bond donors (Lipinski definition) is 0. The molecule has 26 heavy (non-hydrogen) atoms. The largest absolute Gasteiger partial charge is 1.00 e. The van der Waals surface area contributed by atoms with Gasteiger partial charge in [-0.25, -0.2) is 0 Å². The van der Waals surface area contributed by atoms with Gasteiger partial charge in [0.1, 0.15) is 13.6 Å². The molecule has 0 atom stereocenters. The third-order valence-corrected chi connectivity index (χ3v) is 5.80. The van der Waals surface area contributed by atoms with E-state index in [9.17, 15) is 0 Å². The third-order valence-electron chi connectivity index (χ3n) is 4.74. The van der Waals surface area contributed by atoms with Crippen molar-refractivity contribution in [2.24, 2.45) is 7.05 Å². The maximum absolute atomic E-state index is 4.72. The van der Waals surface area contributed by atoms with Crippen LogP contribution in [0.3, 0.4) is 0 Å². The first-order valence-corrected chi connectivity index (χ1v) is 10.7. The highest BCUT2D eigenvalue weighted by Gasteiger charge is 2.23. The van der Waals surface area contributed by atoms with Crippen LogP contribution in [-0.2, 0) is 19.0 Å². The molecule has 0 spiro atoms. The summed E-state index contributed by atoms with van der Waals surface area (Å²) in [4.78, 5) is 0. The van der Waals surface area contributed by atoms with Crippen LogP contribution in [0.2, 0.25) is 0 Å². The van der Waals surface area contributed by atoms with Gasteiger partial charge in [-0.15, -0.1) is 9.36 Å². The van der Waals surface area contributed by atoms with Gasteiger partial charge in [0.05, 0.1) is 5.21 Å². The van der Waals surface area contributed by atoms with E-state index in [1.807, 2.05) is 11.7 Å². The van der Waals surface area contributed by atoms with E-state index in [0.717, 1.165) is 6.54 Å². The standard InChI is InChI=1S/C21H33IN3.ClH/c1-6-7-8-9-10-11-16-25-20(22)19(24(5)23-25)17-12-14-18(15-13-17)21(2,3)4;/h12-15H,6-11,16H2,1-5H3;1H/q+1;/p-1. The highest BCUT2D eigenvalue weighted by Crippen LogP contribution is 2.27. The lowest BCUT2D eigenvalue weighted by Gasteiger charge is -2.18. The molecule has 0 saturated carbocycles. The molecule has 0 amide bonds. The molecule has 146 valence electrons. The summed E-state index contributed by atoms with van der Waals surface area (Å²) in [5.41, 5.74) is 4.02. The molecule has 2 rings (SSSR count). The van der Waals surface area contributed by atoms with E-state index in [4.69, 9.17) is 5.21 Å². The summed E-state index contributed by atoms with van der Waals surface area (Å²) in [6, 6.07) is 8.96. The van der Waals surface area contributed by atoms with Gasteiger partial charge in [-0.2, -0.15) is 0 Å². The van der Waals surface area contributed by atoms with Crippen LogP contribution < -0.4 is 17.1 Å². The Kier molecular flexibility index (Phi) is 9.59. The molecule has 0 bridgehead atoms. The smallest absolute Gasteiger partial charge is 0.235 e. The first kappa shape index (κ1) is 23.4. The molecule has 0 saturated heterocycles. The van der Waals surface area contributed by atoms with Crippen molar-refractivity contribution in [3.8, 4) is 11.3 Å². The van der Waals surface area contributed by atoms with E-state index >= 15 is 0 Å². The van der Waals surface area contributed by atoms with Crippen molar-refractivity contribution in [3.63, 3.8) is 0 Å². The molecule has 1 aromatic carbocycles. The second-order valence-electron chi connectivity index (χ2n) is 7.97. The average Bonchev–Trinajstić information content (AvgIpc) is 2.84. The van der Waals surface area contributed by atoms with Gasteiger partial charge in [-0.1, -0.05) is 77.6 Å². The number of halogens is 2. The Labute approximate surface area is 179 Å². The van der Waals surface area contributed by atoms with Gasteiger partial charge in [0.25, 0.3) is 0 Å². The van der Waals surface area contributed by atoms with Crippen molar-refractivity contribution in [1.82, 2.24) is 9.90 Å². The minimum Gasteiger partial charge on any atom is -1.00 e. The first-order chi connectivity index (χ1) is 11.8. The second-order valence-corrected chi connectivity index (χ2v) is 8.99. The number of unbranched alkanes of at least 4 members (excludes halogenated alkanes) is 5. The maximum atomic E-state index is 4.72. The predicted molar refractivity (Wildman–Crippen MR) is 114 cm³/mol. The summed E-state index contributed by atoms with van der Waals surface area (Å²) in [6.07, 6.45) is 7.90. The van der Waals surface area contributed by atoms with Crippen LogP contribution in [-0.4, -0.2) is 9.90 Å². The fourth-order valence-electron chi connectivity index (χ4n) is 3.12. The normalized spacial score (nSPS) is 11.5. The number of rotatable bonds is 8. The van der Waals surface area contributed by atoms with Crippen molar-refractivity contribution in [2.45, 2.75) is 78.2 Å². The summed E-state index contributed by atoms with van der Waals surface area (Å²) in [6.45, 7) is 10.0. The quantitative estimate of drug-likeness (QED) is 0.317. The summed E-state index contributed by atoms with van der Waals surface area (Å²) in [5, 5.41) is 4.72. The number of hydrogen-bond acceptors (Lipinski definition) is 1. The number of aromatic nitrogens is 3. The van der Waals surface area contributed by atoms with Crippen molar-refractivity contribution in [3.05, 3.63) is 33.5 Å². The monoisotopic (exact) mass is 489 g/mol. The molecule has 2 aromatic rings. The van der Waals surface area contributed by atoms with E-state index in [1.165, 1.54) is 59.0 Å². The Balaban J connectivity index is 0.00000338. The Hall–Kier alpha value is -0.620. The minimum absolute atomic E-state index is 0. The molecule has 0 fully saturated rings. The third kappa shape index (κ3) is 6.22. The van der Waals surface area contributed by atoms with Crippen LogP contribution in [0, 0.1) is 3.70 Å². The lowest BCUT2D eigenvalue weighted by atomic mass is 9.86. The van der Waals surface area contributed by atoms with Crippen molar-refractivity contribution < 1.29 is 17.1 Å². The minimum atomic E-state index is 0. The molecule has 1 aromatic heterocycles. The van der Waals surface area contributed by atoms with Gasteiger partial charge in [0.15, 0.2) is 0 Å². The Bertz CT molecular complexity index is 672. The van der Waals surface area contributed by atoms with E-state index in [2.05, 4.69) is 79.2 Å². The second kappa shape index (κ2) is 10.6. The Morgan fingerprint density at radius 1 is 1.00 bits per heavy atom. The Morgan fingerprint density at radius 2 is 1.58 bits per heavy atom. The van der Waals surface area contributed by atoms with Crippen molar-refractivity contribution in [1.29, 1.82) is 0 Å². The number of aryl methyl sites for hydroxylation is 2. The fourth-order valence-corrected chi connectivity index (χ4v) is 4.12. The SMILES string of the molecule is CCCCCCCCn1n[n+](C)c(-c2ccc(C(C)(C)C)cc2)c1I.[Cl-]. The van der Waals surface area contributed by atoms with Gasteiger partial charge >= 0.3 is 0 Å². The molecule has 0 radical (unpaired) electrons. The molecular weight excluding hydrogens is 457 g/mol. The summed E-state index contributed by atoms with van der Waals surface area (Å²) < 4.78 is 5.41. The van der Waals surface area contributed by atoms with Crippen LogP contribution in [0.15, 0.2) is 24.3 Å². The molecular formula is C21H33ClIN3. The highest BCUT2D eigenvalue weighted by molar-refractivity contribution is 14.1. The van der Waals surface area contributed by atoms with Crippen LogP contribution in [0.4, 0.5) is 0 Å². The van der Waals surface area contributed by atoms with Crippen LogP contribution >= 0.6 is 22.6 Å². The molecule has 0 unspecified atom stereocenters. The lowest BCUT2D eigenvalue weighted by molar-refractivity contribution is -0.722. The number of nitrogens with zero attached hydrogens (tertiary/aromatic N) is 3. The maximum Gasteiger partial charge on any atom is 0.235 e. The summed E-state index contributed by atoms with van der Waals surface area (Å²) >= 11 is 2.44. The van der Waals surface area contributed by atoms with E-state index < -0.39 is 0 Å². The summed E-state index contributed by atoms with van der Waals surface area (Å²) in [7, 11) is 2.05. The zero-order chi connectivity index (χ0) is 18.4. The fraction of sp³-hybridized carbons (Fsp3) is 0.619. The van der Waals surface area contributed by atoms with Crippen LogP contribution in [0.25, 0.3) is 11.3 Å². The summed E-state index contributed by atoms with van der Waals surface area (Å²) in [5.74, 6) is 0. The average molecular weight is 490 g/mol. The zero-order valence-electron chi connectivity index (χ0n) is 16.9. The number of benzene rings is 1. The van der Waals surface area contributed by atoms with Gasteiger partial charge in [0, 0.05) is 28.2 Å². The first-order valence-electron chi connectivity index (χ1n) is 9.58. The highest BCUT2D eigenvalue weighted by atomic mass is 127. The molecule has 0 aliphatic carbocycles. The molecule has 5 heteroatoms. The van der Waals surface area contributed by atoms with Crippen molar-refractivity contribution >= 4 is 22.6 Å². The topological polar surface area (TPSA) is 21.7 Å². The molecule has 3 nitrogen and oxygen atoms in total. The molecule has 0 N–H and O–H groups in total. The van der Waals surface area contributed by atoms with Gasteiger partial charge in [-0.05, 0) is 23.8 Å². The van der Waals surface area contributed by atoms with E-state index in [-0.39, 0.29) is 17.8 Å². The van der Waals surface area contributed by atoms with Crippen LogP contribution in [0.1, 0.15) is 71.8 Å². The van der Waals surface area contributed by atoms with Crippen molar-refractivity contribution in [2.75, 3.05) is 0 Å². The van der Waals surface area contributed by atoms with E-state index in [1.54, 1.807) is 0 Å². The van der Waals surface area contributed by atoms with Crippen LogP contribution in [0.5, 0.6) is 0 Å². The molecule has 0 aliphatic heterocycles. The van der Waals surface area contributed by atoms with E-state index in [0.29, 0.717) is 0 Å². The molecule has 0 aliphatic rings. The zero-order valence-corrected chi connectivity index (χ0v) is 19.8. The van der Waals surface area contributed by atoms with Gasteiger partial charge in [-0.3, -0.25) is 0 Å². The lowest BCUT2D eigenvalue weighted by Crippen LogP contribution is -3.00. The molecule has 1 heterocycles. The van der Waals surface area contributed by atoms with Gasteiger partial charge in [0.2, 0.25) is 9.39 Å². The Morgan fingerprint density at radius 3 is 2.15 bits per heavy atom. The van der Waals surface area contributed by atoms with Gasteiger partial charge < -0.3 is 12.4 Å². The predicted octanol–water partition coefficient (Wildman–Crippen LogP) is 2.64.